The molecule has 0 radical (unpaired) electrons. The summed E-state index contributed by atoms with van der Waals surface area (Å²) in [7, 11) is 0. The normalized spacial score (nSPS) is 20.9. The molecule has 0 aromatic heterocycles. The van der Waals surface area contributed by atoms with Gasteiger partial charge in [0.1, 0.15) is 0 Å². The number of likely N-dealkylation sites (tertiary alicyclic amines) is 1. The van der Waals surface area contributed by atoms with E-state index >= 15 is 0 Å². The highest BCUT2D eigenvalue weighted by Gasteiger charge is 2.18. The first-order valence-electron chi connectivity index (χ1n) is 9.44. The summed E-state index contributed by atoms with van der Waals surface area (Å²) >= 11 is 0. The summed E-state index contributed by atoms with van der Waals surface area (Å²) in [6.07, 6.45) is 11.4. The lowest BCUT2D eigenvalue weighted by Crippen LogP contribution is -2.40. The van der Waals surface area contributed by atoms with E-state index in [9.17, 15) is 0 Å². The molecule has 2 aliphatic rings. The molecule has 2 nitrogen and oxygen atoms in total. The number of benzene rings is 1. The summed E-state index contributed by atoms with van der Waals surface area (Å²) in [5.41, 5.74) is 1.42. The van der Waals surface area contributed by atoms with Crippen LogP contribution in [0.25, 0.3) is 0 Å². The van der Waals surface area contributed by atoms with E-state index in [1.54, 1.807) is 0 Å². The van der Waals surface area contributed by atoms with Gasteiger partial charge in [-0.15, -0.1) is 0 Å². The van der Waals surface area contributed by atoms with Gasteiger partial charge in [0.25, 0.3) is 0 Å². The Kier molecular flexibility index (Phi) is 6.18. The van der Waals surface area contributed by atoms with Crippen LogP contribution in [0.3, 0.4) is 0 Å². The summed E-state index contributed by atoms with van der Waals surface area (Å²) in [5, 5.41) is 0. The van der Waals surface area contributed by atoms with Crippen molar-refractivity contribution in [3.8, 4) is 0 Å². The topological polar surface area (TPSA) is 6.48 Å². The Balaban J connectivity index is 1.57. The molecular weight excluding hydrogens is 268 g/mol. The van der Waals surface area contributed by atoms with Gasteiger partial charge in [0.15, 0.2) is 0 Å². The molecule has 0 N–H and O–H groups in total. The third-order valence-corrected chi connectivity index (χ3v) is 5.46. The first-order valence-corrected chi connectivity index (χ1v) is 9.44. The van der Waals surface area contributed by atoms with Gasteiger partial charge in [-0.2, -0.15) is 0 Å². The van der Waals surface area contributed by atoms with Gasteiger partial charge in [0, 0.05) is 25.3 Å². The van der Waals surface area contributed by atoms with Crippen LogP contribution in [0.5, 0.6) is 0 Å². The first kappa shape index (κ1) is 15.9. The fourth-order valence-corrected chi connectivity index (χ4v) is 4.09. The van der Waals surface area contributed by atoms with Crippen molar-refractivity contribution in [2.45, 2.75) is 51.4 Å². The van der Waals surface area contributed by atoms with Crippen molar-refractivity contribution in [3.63, 3.8) is 0 Å². The molecule has 0 amide bonds. The maximum absolute atomic E-state index is 2.67. The van der Waals surface area contributed by atoms with Crippen molar-refractivity contribution >= 4 is 5.69 Å². The van der Waals surface area contributed by atoms with Crippen molar-refractivity contribution < 1.29 is 0 Å². The summed E-state index contributed by atoms with van der Waals surface area (Å²) in [4.78, 5) is 5.32. The average Bonchev–Trinajstić information content (AvgIpc) is 2.61. The molecule has 1 aromatic rings. The third kappa shape index (κ3) is 4.74. The Morgan fingerprint density at radius 1 is 0.864 bits per heavy atom. The second kappa shape index (κ2) is 8.57. The number of para-hydroxylation sites is 1. The van der Waals surface area contributed by atoms with Crippen LogP contribution < -0.4 is 4.90 Å². The van der Waals surface area contributed by atoms with Crippen LogP contribution >= 0.6 is 0 Å². The van der Waals surface area contributed by atoms with E-state index < -0.39 is 0 Å². The minimum absolute atomic E-state index is 0.912. The van der Waals surface area contributed by atoms with Gasteiger partial charge in [-0.3, -0.25) is 0 Å². The summed E-state index contributed by atoms with van der Waals surface area (Å²) in [5.74, 6) is 0.912. The quantitative estimate of drug-likeness (QED) is 0.760. The molecule has 0 atom stereocenters. The Hall–Kier alpha value is -1.02. The average molecular weight is 300 g/mol. The summed E-state index contributed by atoms with van der Waals surface area (Å²) in [6.45, 7) is 6.32. The van der Waals surface area contributed by atoms with Gasteiger partial charge in [-0.05, 0) is 56.8 Å². The number of rotatable bonds is 6. The molecule has 0 unspecified atom stereocenters. The Morgan fingerprint density at radius 3 is 2.27 bits per heavy atom. The lowest BCUT2D eigenvalue weighted by atomic mass is 9.89. The van der Waals surface area contributed by atoms with Gasteiger partial charge in [0.05, 0.1) is 0 Å². The predicted octanol–water partition coefficient (Wildman–Crippen LogP) is 4.56. The molecule has 2 heteroatoms. The SMILES string of the molecule is c1ccc(N(CCN2CCCCC2)CC2CCCCC2)cc1. The molecule has 1 aliphatic heterocycles. The molecule has 1 saturated heterocycles. The van der Waals surface area contributed by atoms with E-state index in [4.69, 9.17) is 0 Å². The minimum Gasteiger partial charge on any atom is -0.370 e. The third-order valence-electron chi connectivity index (χ3n) is 5.46. The predicted molar refractivity (Wildman–Crippen MR) is 95.5 cm³/mol. The van der Waals surface area contributed by atoms with Gasteiger partial charge in [0.2, 0.25) is 0 Å². The second-order valence-electron chi connectivity index (χ2n) is 7.19. The minimum atomic E-state index is 0.912. The summed E-state index contributed by atoms with van der Waals surface area (Å²) in [6, 6.07) is 11.1. The van der Waals surface area contributed by atoms with Gasteiger partial charge in [-0.1, -0.05) is 43.9 Å². The number of anilines is 1. The van der Waals surface area contributed by atoms with Gasteiger partial charge >= 0.3 is 0 Å². The molecule has 3 rings (SSSR count). The molecule has 1 aliphatic carbocycles. The Labute approximate surface area is 136 Å². The van der Waals surface area contributed by atoms with E-state index in [1.807, 2.05) is 0 Å². The summed E-state index contributed by atoms with van der Waals surface area (Å²) < 4.78 is 0. The van der Waals surface area contributed by atoms with Crippen LogP contribution in [-0.2, 0) is 0 Å². The molecule has 0 spiro atoms. The highest BCUT2D eigenvalue weighted by atomic mass is 15.2. The van der Waals surface area contributed by atoms with Crippen molar-refractivity contribution in [1.29, 1.82) is 0 Å². The van der Waals surface area contributed by atoms with E-state index in [1.165, 1.54) is 89.8 Å². The molecule has 1 saturated carbocycles. The number of hydrogen-bond acceptors (Lipinski definition) is 2. The zero-order valence-electron chi connectivity index (χ0n) is 14.1. The zero-order chi connectivity index (χ0) is 15.0. The standard InChI is InChI=1S/C20H32N2/c1-4-10-19(11-5-1)18-22(20-12-6-2-7-13-20)17-16-21-14-8-3-9-15-21/h2,6-7,12-13,19H,1,3-5,8-11,14-18H2. The monoisotopic (exact) mass is 300 g/mol. The zero-order valence-corrected chi connectivity index (χ0v) is 14.1. The molecule has 0 bridgehead atoms. The van der Waals surface area contributed by atoms with E-state index in [-0.39, 0.29) is 0 Å². The highest BCUT2D eigenvalue weighted by Crippen LogP contribution is 2.26. The van der Waals surface area contributed by atoms with E-state index in [0.717, 1.165) is 5.92 Å². The van der Waals surface area contributed by atoms with Crippen molar-refractivity contribution in [3.05, 3.63) is 30.3 Å². The largest absolute Gasteiger partial charge is 0.370 e. The van der Waals surface area contributed by atoms with Crippen LogP contribution in [0.2, 0.25) is 0 Å². The highest BCUT2D eigenvalue weighted by molar-refractivity contribution is 5.46. The molecule has 2 fully saturated rings. The molecule has 1 heterocycles. The van der Waals surface area contributed by atoms with Crippen LogP contribution in [0.4, 0.5) is 5.69 Å². The van der Waals surface area contributed by atoms with Crippen molar-refractivity contribution in [1.82, 2.24) is 4.90 Å². The first-order chi connectivity index (χ1) is 10.9. The molecular formula is C20H32N2. The van der Waals surface area contributed by atoms with Gasteiger partial charge in [-0.25, -0.2) is 0 Å². The molecule has 122 valence electrons. The Bertz CT molecular complexity index is 405. The van der Waals surface area contributed by atoms with Crippen molar-refractivity contribution in [2.24, 2.45) is 5.92 Å². The van der Waals surface area contributed by atoms with Gasteiger partial charge < -0.3 is 9.80 Å². The van der Waals surface area contributed by atoms with Crippen LogP contribution in [-0.4, -0.2) is 37.6 Å². The number of hydrogen-bond donors (Lipinski definition) is 0. The van der Waals surface area contributed by atoms with Crippen molar-refractivity contribution in [2.75, 3.05) is 37.6 Å². The van der Waals surface area contributed by atoms with Crippen LogP contribution in [0.1, 0.15) is 51.4 Å². The fraction of sp³-hybridized carbons (Fsp3) is 0.700. The van der Waals surface area contributed by atoms with E-state index in [2.05, 4.69) is 40.1 Å². The molecule has 22 heavy (non-hydrogen) atoms. The fourth-order valence-electron chi connectivity index (χ4n) is 4.09. The van der Waals surface area contributed by atoms with Crippen LogP contribution in [0, 0.1) is 5.92 Å². The lowest BCUT2D eigenvalue weighted by Gasteiger charge is -2.34. The maximum Gasteiger partial charge on any atom is 0.0366 e. The second-order valence-corrected chi connectivity index (χ2v) is 7.19. The maximum atomic E-state index is 2.67. The Morgan fingerprint density at radius 2 is 1.55 bits per heavy atom. The lowest BCUT2D eigenvalue weighted by molar-refractivity contribution is 0.231. The van der Waals surface area contributed by atoms with E-state index in [0.29, 0.717) is 0 Å². The number of nitrogens with zero attached hydrogens (tertiary/aromatic N) is 2. The number of piperidine rings is 1. The smallest absolute Gasteiger partial charge is 0.0366 e. The molecule has 1 aromatic carbocycles. The van der Waals surface area contributed by atoms with Crippen LogP contribution in [0.15, 0.2) is 30.3 Å².